The van der Waals surface area contributed by atoms with E-state index in [1.54, 1.807) is 6.20 Å². The number of hydrogen-bond acceptors (Lipinski definition) is 3. The summed E-state index contributed by atoms with van der Waals surface area (Å²) < 4.78 is 2.12. The molecule has 4 heteroatoms. The Kier molecular flexibility index (Phi) is 3.60. The Morgan fingerprint density at radius 2 is 1.89 bits per heavy atom. The molecule has 0 radical (unpaired) electrons. The highest BCUT2D eigenvalue weighted by atomic mass is 15.2. The first-order chi connectivity index (χ1) is 8.93. The van der Waals surface area contributed by atoms with Crippen molar-refractivity contribution >= 4 is 5.82 Å². The lowest BCUT2D eigenvalue weighted by Gasteiger charge is -2.15. The van der Waals surface area contributed by atoms with Gasteiger partial charge in [0.15, 0.2) is 0 Å². The smallest absolute Gasteiger partial charge is 0.132 e. The molecule has 2 aromatic rings. The van der Waals surface area contributed by atoms with Crippen LogP contribution in [-0.4, -0.2) is 14.5 Å². The third kappa shape index (κ3) is 2.35. The number of aromatic nitrogens is 3. The molecule has 0 saturated carbocycles. The van der Waals surface area contributed by atoms with E-state index in [1.165, 1.54) is 0 Å². The van der Waals surface area contributed by atoms with Crippen molar-refractivity contribution in [2.75, 3.05) is 5.73 Å². The fourth-order valence-corrected chi connectivity index (χ4v) is 2.32. The van der Waals surface area contributed by atoms with Crippen molar-refractivity contribution in [1.29, 1.82) is 0 Å². The standard InChI is InChI=1S/C15H22N4/c1-9(2)15-18-13(14(16)19(15)10(3)4)12-8-17-7-6-11(12)5/h6-10H,16H2,1-5H3. The van der Waals surface area contributed by atoms with E-state index in [2.05, 4.69) is 44.2 Å². The summed E-state index contributed by atoms with van der Waals surface area (Å²) in [5.41, 5.74) is 9.33. The molecule has 2 heterocycles. The van der Waals surface area contributed by atoms with E-state index in [4.69, 9.17) is 10.7 Å². The van der Waals surface area contributed by atoms with Crippen LogP contribution in [-0.2, 0) is 0 Å². The van der Waals surface area contributed by atoms with Gasteiger partial charge in [-0.2, -0.15) is 0 Å². The van der Waals surface area contributed by atoms with Crippen molar-refractivity contribution in [2.45, 2.75) is 46.6 Å². The van der Waals surface area contributed by atoms with Gasteiger partial charge in [0, 0.05) is 29.9 Å². The normalized spacial score (nSPS) is 11.5. The SMILES string of the molecule is Cc1ccncc1-c1nc(C(C)C)n(C(C)C)c1N. The summed E-state index contributed by atoms with van der Waals surface area (Å²) in [6, 6.07) is 2.29. The maximum atomic E-state index is 6.32. The monoisotopic (exact) mass is 258 g/mol. The molecule has 4 nitrogen and oxygen atoms in total. The van der Waals surface area contributed by atoms with Gasteiger partial charge in [0.05, 0.1) is 0 Å². The average molecular weight is 258 g/mol. The van der Waals surface area contributed by atoms with Crippen molar-refractivity contribution < 1.29 is 0 Å². The molecule has 0 amide bonds. The fraction of sp³-hybridized carbons (Fsp3) is 0.467. The average Bonchev–Trinajstić information content (AvgIpc) is 2.68. The summed E-state index contributed by atoms with van der Waals surface area (Å²) in [5.74, 6) is 2.11. The van der Waals surface area contributed by atoms with Crippen LogP contribution in [0.1, 0.15) is 51.0 Å². The third-order valence-electron chi connectivity index (χ3n) is 3.30. The Morgan fingerprint density at radius 3 is 2.37 bits per heavy atom. The lowest BCUT2D eigenvalue weighted by molar-refractivity contribution is 0.556. The molecule has 0 unspecified atom stereocenters. The maximum absolute atomic E-state index is 6.32. The van der Waals surface area contributed by atoms with E-state index in [9.17, 15) is 0 Å². The number of hydrogen-bond donors (Lipinski definition) is 1. The summed E-state index contributed by atoms with van der Waals surface area (Å²) in [6.45, 7) is 10.6. The first-order valence-corrected chi connectivity index (χ1v) is 6.72. The van der Waals surface area contributed by atoms with Gasteiger partial charge in [-0.05, 0) is 32.4 Å². The minimum atomic E-state index is 0.302. The predicted molar refractivity (Wildman–Crippen MR) is 79.1 cm³/mol. The molecule has 19 heavy (non-hydrogen) atoms. The van der Waals surface area contributed by atoms with E-state index >= 15 is 0 Å². The van der Waals surface area contributed by atoms with Crippen molar-refractivity contribution in [2.24, 2.45) is 0 Å². The van der Waals surface area contributed by atoms with E-state index in [0.29, 0.717) is 12.0 Å². The van der Waals surface area contributed by atoms with Gasteiger partial charge in [-0.3, -0.25) is 4.98 Å². The Balaban J connectivity index is 2.67. The molecule has 0 aliphatic rings. The third-order valence-corrected chi connectivity index (χ3v) is 3.30. The summed E-state index contributed by atoms with van der Waals surface area (Å²) in [4.78, 5) is 8.95. The van der Waals surface area contributed by atoms with Crippen molar-refractivity contribution in [3.05, 3.63) is 29.8 Å². The second-order valence-electron chi connectivity index (χ2n) is 5.51. The molecule has 2 N–H and O–H groups in total. The van der Waals surface area contributed by atoms with Crippen LogP contribution in [0.4, 0.5) is 5.82 Å². The molecule has 0 aromatic carbocycles. The largest absolute Gasteiger partial charge is 0.383 e. The molecule has 2 aromatic heterocycles. The van der Waals surface area contributed by atoms with Crippen LogP contribution in [0, 0.1) is 6.92 Å². The highest BCUT2D eigenvalue weighted by molar-refractivity contribution is 5.73. The topological polar surface area (TPSA) is 56.7 Å². The van der Waals surface area contributed by atoms with E-state index in [1.807, 2.05) is 12.3 Å². The molecule has 2 rings (SSSR count). The number of nitrogens with zero attached hydrogens (tertiary/aromatic N) is 3. The van der Waals surface area contributed by atoms with E-state index in [-0.39, 0.29) is 0 Å². The van der Waals surface area contributed by atoms with Gasteiger partial charge >= 0.3 is 0 Å². The predicted octanol–water partition coefficient (Wildman–Crippen LogP) is 3.54. The van der Waals surface area contributed by atoms with Gasteiger partial charge in [-0.25, -0.2) is 4.98 Å². The van der Waals surface area contributed by atoms with Crippen LogP contribution >= 0.6 is 0 Å². The van der Waals surface area contributed by atoms with Gasteiger partial charge in [0.25, 0.3) is 0 Å². The van der Waals surface area contributed by atoms with Gasteiger partial charge in [-0.15, -0.1) is 0 Å². The summed E-state index contributed by atoms with van der Waals surface area (Å²) in [7, 11) is 0. The zero-order chi connectivity index (χ0) is 14.2. The van der Waals surface area contributed by atoms with Crippen molar-refractivity contribution in [3.63, 3.8) is 0 Å². The number of pyridine rings is 1. The first-order valence-electron chi connectivity index (χ1n) is 6.72. The zero-order valence-electron chi connectivity index (χ0n) is 12.3. The Labute approximate surface area is 114 Å². The molecule has 0 spiro atoms. The molecule has 102 valence electrons. The number of nitrogens with two attached hydrogens (primary N) is 1. The van der Waals surface area contributed by atoms with E-state index < -0.39 is 0 Å². The fourth-order valence-electron chi connectivity index (χ4n) is 2.32. The second kappa shape index (κ2) is 5.03. The number of rotatable bonds is 3. The van der Waals surface area contributed by atoms with Crippen molar-refractivity contribution in [3.8, 4) is 11.3 Å². The minimum Gasteiger partial charge on any atom is -0.383 e. The molecule has 0 saturated heterocycles. The second-order valence-corrected chi connectivity index (χ2v) is 5.51. The molecule has 0 aliphatic carbocycles. The summed E-state index contributed by atoms with van der Waals surface area (Å²) >= 11 is 0. The highest BCUT2D eigenvalue weighted by Gasteiger charge is 2.20. The molecule has 0 atom stereocenters. The van der Waals surface area contributed by atoms with Crippen LogP contribution in [0.25, 0.3) is 11.3 Å². The lowest BCUT2D eigenvalue weighted by atomic mass is 10.1. The van der Waals surface area contributed by atoms with Crippen LogP contribution in [0.2, 0.25) is 0 Å². The summed E-state index contributed by atoms with van der Waals surface area (Å²) in [5, 5.41) is 0. The molecule has 0 aliphatic heterocycles. The van der Waals surface area contributed by atoms with Gasteiger partial charge in [-0.1, -0.05) is 13.8 Å². The van der Waals surface area contributed by atoms with Gasteiger partial charge < -0.3 is 10.3 Å². The van der Waals surface area contributed by atoms with Gasteiger partial charge in [0.2, 0.25) is 0 Å². The van der Waals surface area contributed by atoms with Crippen LogP contribution < -0.4 is 5.73 Å². The van der Waals surface area contributed by atoms with E-state index in [0.717, 1.165) is 28.5 Å². The number of anilines is 1. The van der Waals surface area contributed by atoms with Crippen LogP contribution in [0.3, 0.4) is 0 Å². The quantitative estimate of drug-likeness (QED) is 0.916. The molecular formula is C15H22N4. The number of imidazole rings is 1. The highest BCUT2D eigenvalue weighted by Crippen LogP contribution is 2.32. The number of nitrogen functional groups attached to an aromatic ring is 1. The molecule has 0 bridgehead atoms. The Hall–Kier alpha value is -1.84. The zero-order valence-corrected chi connectivity index (χ0v) is 12.3. The van der Waals surface area contributed by atoms with Crippen LogP contribution in [0.5, 0.6) is 0 Å². The van der Waals surface area contributed by atoms with Crippen molar-refractivity contribution in [1.82, 2.24) is 14.5 Å². The van der Waals surface area contributed by atoms with Gasteiger partial charge in [0.1, 0.15) is 17.3 Å². The molecular weight excluding hydrogens is 236 g/mol. The summed E-state index contributed by atoms with van der Waals surface area (Å²) in [6.07, 6.45) is 3.63. The van der Waals surface area contributed by atoms with Crippen LogP contribution in [0.15, 0.2) is 18.5 Å². The number of aryl methyl sites for hydroxylation is 1. The Morgan fingerprint density at radius 1 is 1.21 bits per heavy atom. The first kappa shape index (κ1) is 13.6. The lowest BCUT2D eigenvalue weighted by Crippen LogP contribution is -2.10. The maximum Gasteiger partial charge on any atom is 0.132 e. The minimum absolute atomic E-state index is 0.302. The molecule has 0 fully saturated rings. The Bertz CT molecular complexity index is 582.